The second-order valence-corrected chi connectivity index (χ2v) is 11.8. The molecule has 2 atom stereocenters. The normalized spacial score (nSPS) is 17.3. The Kier molecular flexibility index (Phi) is 7.42. The first kappa shape index (κ1) is 27.4. The van der Waals surface area contributed by atoms with Gasteiger partial charge in [-0.15, -0.1) is 0 Å². The molecular weight excluding hydrogens is 530 g/mol. The molecule has 2 heterocycles. The van der Waals surface area contributed by atoms with Crippen LogP contribution in [0.5, 0.6) is 5.88 Å². The Hall–Kier alpha value is -4.48. The summed E-state index contributed by atoms with van der Waals surface area (Å²) in [7, 11) is 1.63. The summed E-state index contributed by atoms with van der Waals surface area (Å²) >= 11 is 0. The van der Waals surface area contributed by atoms with Crippen molar-refractivity contribution in [2.24, 2.45) is 0 Å². The average Bonchev–Trinajstić information content (AvgIpc) is 3.50. The van der Waals surface area contributed by atoms with Gasteiger partial charge in [0, 0.05) is 18.7 Å². The predicted molar refractivity (Wildman–Crippen MR) is 171 cm³/mol. The van der Waals surface area contributed by atoms with Crippen LogP contribution in [0.15, 0.2) is 109 Å². The van der Waals surface area contributed by atoms with Gasteiger partial charge in [-0.3, -0.25) is 9.69 Å². The molecule has 0 bridgehead atoms. The van der Waals surface area contributed by atoms with E-state index in [0.29, 0.717) is 12.4 Å². The number of amides is 1. The number of fused-ring (bicyclic) bond motifs is 3. The fraction of sp³-hybridized carbons (Fsp3) is 0.263. The van der Waals surface area contributed by atoms with Crippen molar-refractivity contribution in [1.82, 2.24) is 14.8 Å². The number of hydrogen-bond acceptors (Lipinski definition) is 4. The first-order valence-electron chi connectivity index (χ1n) is 15.3. The van der Waals surface area contributed by atoms with Crippen LogP contribution in [-0.4, -0.2) is 46.4 Å². The van der Waals surface area contributed by atoms with E-state index in [9.17, 15) is 4.79 Å². The van der Waals surface area contributed by atoms with E-state index in [2.05, 4.69) is 108 Å². The second-order valence-electron chi connectivity index (χ2n) is 11.8. The van der Waals surface area contributed by atoms with Crippen LogP contribution in [0.1, 0.15) is 46.5 Å². The van der Waals surface area contributed by atoms with Gasteiger partial charge in [-0.05, 0) is 70.8 Å². The van der Waals surface area contributed by atoms with Gasteiger partial charge in [-0.1, -0.05) is 97.1 Å². The predicted octanol–water partition coefficient (Wildman–Crippen LogP) is 6.78. The molecule has 0 N–H and O–H groups in total. The molecule has 5 nitrogen and oxygen atoms in total. The van der Waals surface area contributed by atoms with Gasteiger partial charge in [-0.25, -0.2) is 4.98 Å². The van der Waals surface area contributed by atoms with E-state index in [1.54, 1.807) is 7.11 Å². The van der Waals surface area contributed by atoms with Crippen LogP contribution in [0.4, 0.5) is 0 Å². The van der Waals surface area contributed by atoms with E-state index in [-0.39, 0.29) is 24.0 Å². The zero-order valence-corrected chi connectivity index (χ0v) is 24.8. The third-order valence-corrected chi connectivity index (χ3v) is 9.37. The Morgan fingerprint density at radius 3 is 2.28 bits per heavy atom. The maximum Gasteiger partial charge on any atom is 0.240 e. The highest BCUT2D eigenvalue weighted by atomic mass is 16.5. The lowest BCUT2D eigenvalue weighted by Gasteiger charge is -2.43. The molecule has 5 heteroatoms. The van der Waals surface area contributed by atoms with Gasteiger partial charge in [0.05, 0.1) is 31.4 Å². The van der Waals surface area contributed by atoms with E-state index in [1.807, 2.05) is 18.2 Å². The van der Waals surface area contributed by atoms with Gasteiger partial charge in [-0.2, -0.15) is 0 Å². The molecule has 0 saturated heterocycles. The van der Waals surface area contributed by atoms with Gasteiger partial charge < -0.3 is 9.64 Å². The molecule has 5 aromatic rings. The fourth-order valence-corrected chi connectivity index (χ4v) is 7.20. The minimum absolute atomic E-state index is 0.0208. The molecule has 1 aliphatic heterocycles. The van der Waals surface area contributed by atoms with Crippen molar-refractivity contribution >= 4 is 16.7 Å². The Morgan fingerprint density at radius 2 is 1.49 bits per heavy atom. The van der Waals surface area contributed by atoms with Crippen molar-refractivity contribution in [3.8, 4) is 5.88 Å². The molecule has 2 unspecified atom stereocenters. The van der Waals surface area contributed by atoms with Gasteiger partial charge in [0.1, 0.15) is 0 Å². The summed E-state index contributed by atoms with van der Waals surface area (Å²) in [4.78, 5) is 24.0. The third kappa shape index (κ3) is 5.19. The number of benzene rings is 4. The number of methoxy groups -OCH3 is 1. The standard InChI is InChI=1S/C38H37N3O2/c1-26(38(42)41(25-31-16-10-20-36(39-31)43-2)32-23-29-13-3-4-14-30(29)24-32)40-22-21-28-12-6-8-18-34(28)37(40)35-19-9-15-27-11-5-7-17-33(27)35/h3-20,26,32,37H,21-25H2,1-2H3. The third-order valence-electron chi connectivity index (χ3n) is 9.37. The summed E-state index contributed by atoms with van der Waals surface area (Å²) in [5, 5.41) is 2.46. The number of carbonyl (C=O) groups is 1. The lowest BCUT2D eigenvalue weighted by Crippen LogP contribution is -2.53. The largest absolute Gasteiger partial charge is 0.481 e. The molecule has 43 heavy (non-hydrogen) atoms. The van der Waals surface area contributed by atoms with E-state index < -0.39 is 0 Å². The van der Waals surface area contributed by atoms with Crippen molar-refractivity contribution in [1.29, 1.82) is 0 Å². The summed E-state index contributed by atoms with van der Waals surface area (Å²) in [6.07, 6.45) is 2.63. The van der Waals surface area contributed by atoms with Crippen LogP contribution >= 0.6 is 0 Å². The molecule has 0 spiro atoms. The molecule has 0 saturated carbocycles. The molecule has 4 aromatic carbocycles. The lowest BCUT2D eigenvalue weighted by atomic mass is 9.85. The zero-order chi connectivity index (χ0) is 29.3. The van der Waals surface area contributed by atoms with Crippen LogP contribution in [0, 0.1) is 0 Å². The summed E-state index contributed by atoms with van der Waals surface area (Å²) in [6.45, 7) is 3.36. The number of rotatable bonds is 7. The first-order chi connectivity index (χ1) is 21.1. The summed E-state index contributed by atoms with van der Waals surface area (Å²) in [6, 6.07) is 38.0. The number of nitrogens with zero attached hydrogens (tertiary/aromatic N) is 3. The maximum absolute atomic E-state index is 14.8. The van der Waals surface area contributed by atoms with Crippen molar-refractivity contribution in [3.05, 3.63) is 143 Å². The summed E-state index contributed by atoms with van der Waals surface area (Å²) < 4.78 is 5.42. The van der Waals surface area contributed by atoms with Crippen molar-refractivity contribution in [3.63, 3.8) is 0 Å². The Balaban J connectivity index is 1.27. The fourth-order valence-electron chi connectivity index (χ4n) is 7.20. The van der Waals surface area contributed by atoms with Crippen LogP contribution in [0.3, 0.4) is 0 Å². The quantitative estimate of drug-likeness (QED) is 0.218. The number of ether oxygens (including phenoxy) is 1. The molecule has 1 aromatic heterocycles. The lowest BCUT2D eigenvalue weighted by molar-refractivity contribution is -0.140. The van der Waals surface area contributed by atoms with E-state index in [4.69, 9.17) is 9.72 Å². The Bertz CT molecular complexity index is 1750. The molecule has 7 rings (SSSR count). The monoisotopic (exact) mass is 567 g/mol. The van der Waals surface area contributed by atoms with Crippen LogP contribution in [0.25, 0.3) is 10.8 Å². The highest BCUT2D eigenvalue weighted by molar-refractivity contribution is 5.87. The molecule has 1 amide bonds. The molecule has 1 aliphatic carbocycles. The molecular formula is C38H37N3O2. The van der Waals surface area contributed by atoms with Crippen molar-refractivity contribution in [2.45, 2.75) is 50.9 Å². The molecule has 0 fully saturated rings. The Labute approximate surface area is 253 Å². The van der Waals surface area contributed by atoms with Gasteiger partial charge in [0.15, 0.2) is 0 Å². The van der Waals surface area contributed by atoms with Crippen LogP contribution in [-0.2, 0) is 30.6 Å². The van der Waals surface area contributed by atoms with Crippen LogP contribution in [0.2, 0.25) is 0 Å². The first-order valence-corrected chi connectivity index (χ1v) is 15.3. The van der Waals surface area contributed by atoms with Crippen molar-refractivity contribution in [2.75, 3.05) is 13.7 Å². The van der Waals surface area contributed by atoms with E-state index in [1.165, 1.54) is 38.6 Å². The van der Waals surface area contributed by atoms with Gasteiger partial charge in [0.25, 0.3) is 0 Å². The highest BCUT2D eigenvalue weighted by Crippen LogP contribution is 2.40. The SMILES string of the molecule is COc1cccc(CN(C(=O)C(C)N2CCc3ccccc3C2c2cccc3ccccc23)C2Cc3ccccc3C2)n1. The average molecular weight is 568 g/mol. The zero-order valence-electron chi connectivity index (χ0n) is 24.8. The summed E-state index contributed by atoms with van der Waals surface area (Å²) in [5.41, 5.74) is 7.40. The van der Waals surface area contributed by atoms with Gasteiger partial charge in [0.2, 0.25) is 11.8 Å². The molecule has 216 valence electrons. The number of aromatic nitrogens is 1. The molecule has 0 radical (unpaired) electrons. The van der Waals surface area contributed by atoms with E-state index >= 15 is 0 Å². The number of pyridine rings is 1. The minimum atomic E-state index is -0.327. The Morgan fingerprint density at radius 1 is 0.837 bits per heavy atom. The second kappa shape index (κ2) is 11.7. The highest BCUT2D eigenvalue weighted by Gasteiger charge is 2.39. The number of carbonyl (C=O) groups excluding carboxylic acids is 1. The topological polar surface area (TPSA) is 45.7 Å². The van der Waals surface area contributed by atoms with E-state index in [0.717, 1.165) is 31.5 Å². The van der Waals surface area contributed by atoms with Gasteiger partial charge >= 0.3 is 0 Å². The number of hydrogen-bond donors (Lipinski definition) is 0. The minimum Gasteiger partial charge on any atom is -0.481 e. The maximum atomic E-state index is 14.8. The summed E-state index contributed by atoms with van der Waals surface area (Å²) in [5.74, 6) is 0.711. The van der Waals surface area contributed by atoms with Crippen LogP contribution < -0.4 is 4.74 Å². The van der Waals surface area contributed by atoms with Crippen molar-refractivity contribution < 1.29 is 9.53 Å². The molecule has 2 aliphatic rings. The smallest absolute Gasteiger partial charge is 0.240 e.